The third-order valence-electron chi connectivity index (χ3n) is 13.0. The number of fused-ring (bicyclic) bond motifs is 6. The third kappa shape index (κ3) is 4.04. The van der Waals surface area contributed by atoms with Gasteiger partial charge in [-0.25, -0.2) is 4.79 Å². The molecule has 1 amide bonds. The molecule has 2 aliphatic heterocycles. The first kappa shape index (κ1) is 27.0. The summed E-state index contributed by atoms with van der Waals surface area (Å²) in [5, 5.41) is 10.4. The molecule has 2 heterocycles. The van der Waals surface area contributed by atoms with Crippen LogP contribution in [0.2, 0.25) is 0 Å². The molecule has 7 rings (SSSR count). The highest BCUT2D eigenvalue weighted by atomic mass is 16.6. The maximum atomic E-state index is 13.5. The molecule has 40 heavy (non-hydrogen) atoms. The van der Waals surface area contributed by atoms with Gasteiger partial charge < -0.3 is 19.5 Å². The number of carbonyl (C=O) groups excluding carboxylic acids is 1. The lowest BCUT2D eigenvalue weighted by molar-refractivity contribution is -0.0742. The van der Waals surface area contributed by atoms with Crippen LogP contribution in [0.4, 0.5) is 4.79 Å². The van der Waals surface area contributed by atoms with Crippen LogP contribution in [0.15, 0.2) is 41.5 Å². The van der Waals surface area contributed by atoms with Gasteiger partial charge in [0, 0.05) is 12.5 Å². The average molecular weight is 548 g/mol. The van der Waals surface area contributed by atoms with Crippen molar-refractivity contribution < 1.29 is 19.4 Å². The van der Waals surface area contributed by atoms with Gasteiger partial charge in [-0.1, -0.05) is 56.7 Å². The van der Waals surface area contributed by atoms with E-state index in [1.54, 1.807) is 5.57 Å². The number of aliphatic hydroxyl groups is 1. The molecule has 1 spiro atoms. The van der Waals surface area contributed by atoms with Gasteiger partial charge >= 0.3 is 6.09 Å². The third-order valence-corrected chi connectivity index (χ3v) is 13.0. The Morgan fingerprint density at radius 1 is 1.10 bits per heavy atom. The van der Waals surface area contributed by atoms with Crippen LogP contribution < -0.4 is 0 Å². The van der Waals surface area contributed by atoms with E-state index < -0.39 is 0 Å². The summed E-state index contributed by atoms with van der Waals surface area (Å²) in [7, 11) is 0. The zero-order valence-corrected chi connectivity index (χ0v) is 25.0. The second-order valence-electron chi connectivity index (χ2n) is 14.8. The maximum absolute atomic E-state index is 13.5. The fourth-order valence-corrected chi connectivity index (χ4v) is 10.9. The minimum Gasteiger partial charge on any atom is -0.445 e. The molecule has 1 aromatic carbocycles. The summed E-state index contributed by atoms with van der Waals surface area (Å²) in [5.74, 6) is 3.55. The van der Waals surface area contributed by atoms with Crippen LogP contribution in [0.5, 0.6) is 0 Å². The summed E-state index contributed by atoms with van der Waals surface area (Å²) in [5.41, 5.74) is 4.33. The molecule has 5 nitrogen and oxygen atoms in total. The Labute approximate surface area is 240 Å². The van der Waals surface area contributed by atoms with Crippen molar-refractivity contribution >= 4 is 6.09 Å². The number of aliphatic hydroxyl groups excluding tert-OH is 1. The molecule has 4 aliphatic carbocycles. The van der Waals surface area contributed by atoms with E-state index in [4.69, 9.17) is 9.47 Å². The van der Waals surface area contributed by atoms with Crippen LogP contribution in [-0.4, -0.2) is 46.5 Å². The van der Waals surface area contributed by atoms with Gasteiger partial charge in [-0.15, -0.1) is 0 Å². The van der Waals surface area contributed by atoms with Gasteiger partial charge in [0.05, 0.1) is 23.9 Å². The van der Waals surface area contributed by atoms with Crippen LogP contribution >= 0.6 is 0 Å². The smallest absolute Gasteiger partial charge is 0.410 e. The molecule has 3 saturated carbocycles. The normalized spacial score (nSPS) is 46.0. The first-order valence-corrected chi connectivity index (χ1v) is 16.2. The van der Waals surface area contributed by atoms with E-state index in [0.717, 1.165) is 49.6 Å². The van der Waals surface area contributed by atoms with Crippen LogP contribution in [0.25, 0.3) is 0 Å². The molecular weight excluding hydrogens is 498 g/mol. The largest absolute Gasteiger partial charge is 0.445 e. The number of ether oxygens (including phenoxy) is 2. The molecular formula is C35H49NO4. The van der Waals surface area contributed by atoms with Crippen LogP contribution in [-0.2, 0) is 16.1 Å². The van der Waals surface area contributed by atoms with Gasteiger partial charge in [0.1, 0.15) is 6.61 Å². The van der Waals surface area contributed by atoms with Crippen molar-refractivity contribution in [2.45, 2.75) is 116 Å². The number of nitrogens with zero attached hydrogens (tertiary/aromatic N) is 1. The maximum Gasteiger partial charge on any atom is 0.410 e. The van der Waals surface area contributed by atoms with Gasteiger partial charge in [0.25, 0.3) is 0 Å². The van der Waals surface area contributed by atoms with Crippen molar-refractivity contribution in [2.24, 2.45) is 40.9 Å². The van der Waals surface area contributed by atoms with Crippen molar-refractivity contribution in [3.8, 4) is 0 Å². The highest BCUT2D eigenvalue weighted by Gasteiger charge is 2.63. The number of likely N-dealkylation sites (tertiary alicyclic amines) is 1. The Morgan fingerprint density at radius 3 is 2.70 bits per heavy atom. The van der Waals surface area contributed by atoms with E-state index in [2.05, 4.69) is 27.7 Å². The van der Waals surface area contributed by atoms with Crippen molar-refractivity contribution in [1.29, 1.82) is 0 Å². The summed E-state index contributed by atoms with van der Waals surface area (Å²) in [6, 6.07) is 10.1. The van der Waals surface area contributed by atoms with Crippen molar-refractivity contribution in [3.63, 3.8) is 0 Å². The minimum absolute atomic E-state index is 0.0667. The summed E-state index contributed by atoms with van der Waals surface area (Å²) in [4.78, 5) is 15.5. The van der Waals surface area contributed by atoms with Gasteiger partial charge in [0.15, 0.2) is 0 Å². The number of allylic oxidation sites excluding steroid dienone is 1. The average Bonchev–Trinajstić information content (AvgIpc) is 3.47. The number of carbonyl (C=O) groups is 1. The van der Waals surface area contributed by atoms with Gasteiger partial charge in [-0.2, -0.15) is 0 Å². The Kier molecular flexibility index (Phi) is 6.66. The van der Waals surface area contributed by atoms with Crippen LogP contribution in [0, 0.1) is 40.9 Å². The van der Waals surface area contributed by atoms with E-state index >= 15 is 0 Å². The first-order chi connectivity index (χ1) is 19.2. The van der Waals surface area contributed by atoms with E-state index in [1.165, 1.54) is 37.7 Å². The fourth-order valence-electron chi connectivity index (χ4n) is 10.9. The van der Waals surface area contributed by atoms with E-state index in [9.17, 15) is 9.90 Å². The Hall–Kier alpha value is -1.85. The number of piperidine rings is 1. The monoisotopic (exact) mass is 547 g/mol. The molecule has 5 heteroatoms. The summed E-state index contributed by atoms with van der Waals surface area (Å²) in [6.45, 7) is 10.6. The lowest BCUT2D eigenvalue weighted by Crippen LogP contribution is -2.54. The molecule has 0 unspecified atom stereocenters. The number of benzene rings is 1. The number of amides is 1. The first-order valence-electron chi connectivity index (χ1n) is 16.2. The Morgan fingerprint density at radius 2 is 1.90 bits per heavy atom. The van der Waals surface area contributed by atoms with Gasteiger partial charge in [-0.05, 0) is 111 Å². The summed E-state index contributed by atoms with van der Waals surface area (Å²) < 4.78 is 13.1. The second kappa shape index (κ2) is 9.87. The zero-order chi connectivity index (χ0) is 27.8. The molecule has 0 radical (unpaired) electrons. The van der Waals surface area contributed by atoms with Crippen molar-refractivity contribution in [3.05, 3.63) is 47.0 Å². The molecule has 218 valence electrons. The SMILES string of the molecule is CC1=C2C[C@H]3[C@@H](CC[C@@H]4C[C@@H](O)CC[C@@]43C)[C@@H]2CC[C@]12O[C@@H]1C[C@H](C)CN(C(=O)OCc3ccccc3)[C@H]1[C@H]2C. The van der Waals surface area contributed by atoms with Gasteiger partial charge in [0.2, 0.25) is 0 Å². The Bertz CT molecular complexity index is 1170. The fraction of sp³-hybridized carbons (Fsp3) is 0.743. The van der Waals surface area contributed by atoms with Gasteiger partial charge in [-0.3, -0.25) is 0 Å². The van der Waals surface area contributed by atoms with Crippen LogP contribution in [0.1, 0.15) is 91.0 Å². The Balaban J connectivity index is 1.15. The standard InChI is InChI=1S/C35H49NO4/c1-21-16-31-32(36(19-21)33(38)39-20-24-8-6-5-7-9-24)23(3)35(40-31)15-13-27-28-11-10-25-17-26(37)12-14-34(25,4)30(28)18-29(27)22(35)2/h5-9,21,23,25-28,30-32,37H,10-20H2,1-4H3/t21-,23+,25+,26-,27-,28-,30-,31+,32-,34-,35-/m0/s1. The number of hydrogen-bond acceptors (Lipinski definition) is 4. The molecule has 0 bridgehead atoms. The quantitative estimate of drug-likeness (QED) is 0.400. The molecule has 11 atom stereocenters. The molecule has 2 saturated heterocycles. The van der Waals surface area contributed by atoms with E-state index in [-0.39, 0.29) is 35.9 Å². The topological polar surface area (TPSA) is 59.0 Å². The van der Waals surface area contributed by atoms with Crippen molar-refractivity contribution in [2.75, 3.05) is 6.54 Å². The van der Waals surface area contributed by atoms with E-state index in [0.29, 0.717) is 29.8 Å². The predicted molar refractivity (Wildman–Crippen MR) is 155 cm³/mol. The molecule has 1 aromatic rings. The van der Waals surface area contributed by atoms with Crippen LogP contribution in [0.3, 0.4) is 0 Å². The molecule has 6 aliphatic rings. The summed E-state index contributed by atoms with van der Waals surface area (Å²) >= 11 is 0. The summed E-state index contributed by atoms with van der Waals surface area (Å²) in [6.07, 6.45) is 10.1. The predicted octanol–water partition coefficient (Wildman–Crippen LogP) is 7.13. The second-order valence-corrected chi connectivity index (χ2v) is 14.8. The zero-order valence-electron chi connectivity index (χ0n) is 25.0. The molecule has 5 fully saturated rings. The number of hydrogen-bond donors (Lipinski definition) is 1. The number of rotatable bonds is 2. The minimum atomic E-state index is -0.264. The lowest BCUT2D eigenvalue weighted by atomic mass is 9.52. The molecule has 0 aromatic heterocycles. The highest BCUT2D eigenvalue weighted by Crippen LogP contribution is 2.66. The molecule has 1 N–H and O–H groups in total. The van der Waals surface area contributed by atoms with Crippen molar-refractivity contribution in [1.82, 2.24) is 4.90 Å². The lowest BCUT2D eigenvalue weighted by Gasteiger charge is -2.53. The van der Waals surface area contributed by atoms with E-state index in [1.807, 2.05) is 35.2 Å². The highest BCUT2D eigenvalue weighted by molar-refractivity contribution is 5.68.